The largest absolute Gasteiger partial charge is 0.327 e. The van der Waals surface area contributed by atoms with Gasteiger partial charge < -0.3 is 5.73 Å². The lowest BCUT2D eigenvalue weighted by molar-refractivity contribution is 0.580. The highest BCUT2D eigenvalue weighted by molar-refractivity contribution is 5.22. The molecule has 1 unspecified atom stereocenters. The second-order valence-electron chi connectivity index (χ2n) is 5.24. The molecule has 0 fully saturated rings. The summed E-state index contributed by atoms with van der Waals surface area (Å²) in [5.41, 5.74) is 8.15. The smallest absolute Gasteiger partial charge is 0.133 e. The van der Waals surface area contributed by atoms with Gasteiger partial charge >= 0.3 is 0 Å². The molecule has 1 heterocycles. The quantitative estimate of drug-likeness (QED) is 0.921. The lowest BCUT2D eigenvalue weighted by atomic mass is 10.1. The van der Waals surface area contributed by atoms with Gasteiger partial charge in [0.25, 0.3) is 0 Å². The van der Waals surface area contributed by atoms with Crippen molar-refractivity contribution < 1.29 is 8.78 Å². The third-order valence-corrected chi connectivity index (χ3v) is 3.23. The van der Waals surface area contributed by atoms with Crippen LogP contribution in [0, 0.1) is 18.6 Å². The molecule has 21 heavy (non-hydrogen) atoms. The molecule has 2 N–H and O–H groups in total. The van der Waals surface area contributed by atoms with Gasteiger partial charge in [-0.25, -0.2) is 18.7 Å². The zero-order chi connectivity index (χ0) is 15.4. The minimum absolute atomic E-state index is 0.0544. The number of rotatable bonds is 5. The third-order valence-electron chi connectivity index (χ3n) is 3.23. The van der Waals surface area contributed by atoms with Crippen LogP contribution in [-0.2, 0) is 12.8 Å². The number of aryl methyl sites for hydroxylation is 1. The van der Waals surface area contributed by atoms with Crippen LogP contribution < -0.4 is 5.73 Å². The summed E-state index contributed by atoms with van der Waals surface area (Å²) in [6.07, 6.45) is 1.84. The van der Waals surface area contributed by atoms with E-state index >= 15 is 0 Å². The van der Waals surface area contributed by atoms with Crippen molar-refractivity contribution in [2.24, 2.45) is 5.73 Å². The number of halogens is 2. The van der Waals surface area contributed by atoms with Crippen LogP contribution in [0.3, 0.4) is 0 Å². The molecule has 2 rings (SSSR count). The predicted molar refractivity (Wildman–Crippen MR) is 77.9 cm³/mol. The van der Waals surface area contributed by atoms with E-state index in [-0.39, 0.29) is 6.04 Å². The maximum absolute atomic E-state index is 13.2. The molecular weight excluding hydrogens is 272 g/mol. The molecule has 2 aromatic rings. The predicted octanol–water partition coefficient (Wildman–Crippen LogP) is 2.93. The summed E-state index contributed by atoms with van der Waals surface area (Å²) in [4.78, 5) is 8.76. The second-order valence-corrected chi connectivity index (χ2v) is 5.24. The van der Waals surface area contributed by atoms with Gasteiger partial charge in [-0.3, -0.25) is 0 Å². The Bertz CT molecular complexity index is 609. The van der Waals surface area contributed by atoms with Crippen molar-refractivity contribution in [3.8, 4) is 0 Å². The lowest BCUT2D eigenvalue weighted by Crippen LogP contribution is -2.22. The minimum Gasteiger partial charge on any atom is -0.327 e. The van der Waals surface area contributed by atoms with Crippen molar-refractivity contribution in [1.82, 2.24) is 9.97 Å². The molecule has 3 nitrogen and oxygen atoms in total. The van der Waals surface area contributed by atoms with Gasteiger partial charge in [0.05, 0.1) is 0 Å². The number of nitrogens with two attached hydrogens (primary N) is 1. The number of benzene rings is 1. The van der Waals surface area contributed by atoms with E-state index in [0.717, 1.165) is 23.9 Å². The Labute approximate surface area is 123 Å². The first kappa shape index (κ1) is 15.5. The van der Waals surface area contributed by atoms with Crippen molar-refractivity contribution in [2.75, 3.05) is 0 Å². The van der Waals surface area contributed by atoms with Gasteiger partial charge in [-0.2, -0.15) is 0 Å². The van der Waals surface area contributed by atoms with Gasteiger partial charge in [0, 0.05) is 36.3 Å². The first-order chi connectivity index (χ1) is 9.96. The van der Waals surface area contributed by atoms with E-state index in [9.17, 15) is 8.78 Å². The Hall–Kier alpha value is -1.88. The SMILES string of the molecule is CCC(N)Cc1cc(C)nc(Cc2cc(F)cc(F)c2)n1. The number of nitrogens with zero attached hydrogens (tertiary/aromatic N) is 2. The summed E-state index contributed by atoms with van der Waals surface area (Å²) < 4.78 is 26.4. The molecule has 0 aliphatic carbocycles. The Kier molecular flexibility index (Phi) is 4.96. The average molecular weight is 291 g/mol. The molecule has 0 aliphatic heterocycles. The van der Waals surface area contributed by atoms with E-state index < -0.39 is 11.6 Å². The van der Waals surface area contributed by atoms with Crippen molar-refractivity contribution in [1.29, 1.82) is 0 Å². The molecule has 112 valence electrons. The van der Waals surface area contributed by atoms with Gasteiger partial charge in [-0.1, -0.05) is 6.92 Å². The molecule has 1 aromatic carbocycles. The van der Waals surface area contributed by atoms with Crippen molar-refractivity contribution in [2.45, 2.75) is 39.2 Å². The summed E-state index contributed by atoms with van der Waals surface area (Å²) in [6.45, 7) is 3.90. The molecule has 1 aromatic heterocycles. The molecule has 0 bridgehead atoms. The Balaban J connectivity index is 2.23. The molecule has 5 heteroatoms. The van der Waals surface area contributed by atoms with Crippen LogP contribution in [0.1, 0.15) is 36.1 Å². The van der Waals surface area contributed by atoms with Gasteiger partial charge in [0.15, 0.2) is 0 Å². The normalized spacial score (nSPS) is 12.4. The number of hydrogen-bond donors (Lipinski definition) is 1. The fourth-order valence-corrected chi connectivity index (χ4v) is 2.19. The molecule has 0 aliphatic rings. The summed E-state index contributed by atoms with van der Waals surface area (Å²) >= 11 is 0. The van der Waals surface area contributed by atoms with Gasteiger partial charge in [0.1, 0.15) is 17.5 Å². The Morgan fingerprint density at radius 2 is 1.76 bits per heavy atom. The van der Waals surface area contributed by atoms with Crippen LogP contribution >= 0.6 is 0 Å². The molecule has 1 atom stereocenters. The fraction of sp³-hybridized carbons (Fsp3) is 0.375. The zero-order valence-corrected chi connectivity index (χ0v) is 12.2. The highest BCUT2D eigenvalue weighted by Crippen LogP contribution is 2.13. The van der Waals surface area contributed by atoms with E-state index in [1.165, 1.54) is 12.1 Å². The topological polar surface area (TPSA) is 51.8 Å². The Morgan fingerprint density at radius 3 is 2.38 bits per heavy atom. The van der Waals surface area contributed by atoms with Crippen LogP contribution in [0.2, 0.25) is 0 Å². The number of aromatic nitrogens is 2. The van der Waals surface area contributed by atoms with Crippen molar-refractivity contribution in [3.63, 3.8) is 0 Å². The zero-order valence-electron chi connectivity index (χ0n) is 12.2. The Morgan fingerprint density at radius 1 is 1.10 bits per heavy atom. The van der Waals surface area contributed by atoms with Gasteiger partial charge in [0.2, 0.25) is 0 Å². The average Bonchev–Trinajstić information content (AvgIpc) is 2.36. The summed E-state index contributed by atoms with van der Waals surface area (Å²) in [6, 6.07) is 5.40. The molecule has 0 saturated carbocycles. The maximum Gasteiger partial charge on any atom is 0.133 e. The molecular formula is C16H19F2N3. The van der Waals surface area contributed by atoms with Gasteiger partial charge in [-0.05, 0) is 37.1 Å². The van der Waals surface area contributed by atoms with E-state index in [4.69, 9.17) is 5.73 Å². The maximum atomic E-state index is 13.2. The van der Waals surface area contributed by atoms with Crippen molar-refractivity contribution in [3.05, 3.63) is 58.7 Å². The molecule has 0 spiro atoms. The summed E-state index contributed by atoms with van der Waals surface area (Å²) in [5.74, 6) is -0.630. The van der Waals surface area contributed by atoms with Crippen molar-refractivity contribution >= 4 is 0 Å². The van der Waals surface area contributed by atoms with Crippen LogP contribution in [0.25, 0.3) is 0 Å². The first-order valence-corrected chi connectivity index (χ1v) is 7.00. The molecule has 0 radical (unpaired) electrons. The lowest BCUT2D eigenvalue weighted by Gasteiger charge is -2.10. The minimum atomic E-state index is -0.592. The van der Waals surface area contributed by atoms with E-state index in [2.05, 4.69) is 9.97 Å². The second kappa shape index (κ2) is 6.72. The number of hydrogen-bond acceptors (Lipinski definition) is 3. The van der Waals surface area contributed by atoms with Gasteiger partial charge in [-0.15, -0.1) is 0 Å². The highest BCUT2D eigenvalue weighted by Gasteiger charge is 2.08. The van der Waals surface area contributed by atoms with Crippen LogP contribution in [-0.4, -0.2) is 16.0 Å². The van der Waals surface area contributed by atoms with Crippen LogP contribution in [0.15, 0.2) is 24.3 Å². The summed E-state index contributed by atoms with van der Waals surface area (Å²) in [5, 5.41) is 0. The van der Waals surface area contributed by atoms with E-state index in [1.54, 1.807) is 0 Å². The third kappa shape index (κ3) is 4.56. The van der Waals surface area contributed by atoms with Crippen LogP contribution in [0.5, 0.6) is 0 Å². The first-order valence-electron chi connectivity index (χ1n) is 7.00. The van der Waals surface area contributed by atoms with E-state index in [0.29, 0.717) is 24.2 Å². The monoisotopic (exact) mass is 291 g/mol. The van der Waals surface area contributed by atoms with E-state index in [1.807, 2.05) is 19.9 Å². The highest BCUT2D eigenvalue weighted by atomic mass is 19.1. The van der Waals surface area contributed by atoms with Crippen LogP contribution in [0.4, 0.5) is 8.78 Å². The standard InChI is InChI=1S/C16H19F2N3/c1-3-14(19)9-15-4-10(2)20-16(21-15)7-11-5-12(17)8-13(18)6-11/h4-6,8,14H,3,7,9,19H2,1-2H3. The fourth-order valence-electron chi connectivity index (χ4n) is 2.19. The molecule has 0 amide bonds. The summed E-state index contributed by atoms with van der Waals surface area (Å²) in [7, 11) is 0. The molecule has 0 saturated heterocycles.